The molecule has 0 amide bonds. The van der Waals surface area contributed by atoms with E-state index in [-0.39, 0.29) is 23.2 Å². The molecule has 1 fully saturated rings. The largest absolute Gasteiger partial charge is 0.315 e. The Bertz CT molecular complexity index is 401. The Morgan fingerprint density at radius 3 is 1.53 bits per heavy atom. The molecule has 0 spiro atoms. The SMILES string of the molecule is CC(C)(C)c1cc(C2CNC2)cc(C(C)(C)C)c1.Cl. The molecule has 1 heterocycles. The first-order valence-corrected chi connectivity index (χ1v) is 7.04. The van der Waals surface area contributed by atoms with Crippen molar-refractivity contribution in [2.24, 2.45) is 0 Å². The molecule has 1 aromatic carbocycles. The first kappa shape index (κ1) is 16.5. The molecule has 1 aromatic rings. The summed E-state index contributed by atoms with van der Waals surface area (Å²) < 4.78 is 0. The number of hydrogen-bond donors (Lipinski definition) is 1. The number of rotatable bonds is 1. The summed E-state index contributed by atoms with van der Waals surface area (Å²) in [6.45, 7) is 16.1. The van der Waals surface area contributed by atoms with Crippen LogP contribution in [0.5, 0.6) is 0 Å². The van der Waals surface area contributed by atoms with Crippen molar-refractivity contribution < 1.29 is 0 Å². The van der Waals surface area contributed by atoms with Gasteiger partial charge in [0.2, 0.25) is 0 Å². The Balaban J connectivity index is 0.00000180. The van der Waals surface area contributed by atoms with Crippen molar-refractivity contribution in [1.82, 2.24) is 5.32 Å². The molecule has 108 valence electrons. The van der Waals surface area contributed by atoms with E-state index in [0.29, 0.717) is 5.92 Å². The second-order valence-electron chi connectivity index (χ2n) is 7.70. The van der Waals surface area contributed by atoms with Crippen LogP contribution in [-0.2, 0) is 10.8 Å². The van der Waals surface area contributed by atoms with E-state index in [0.717, 1.165) is 13.1 Å². The van der Waals surface area contributed by atoms with Crippen LogP contribution in [0.2, 0.25) is 0 Å². The zero-order valence-electron chi connectivity index (χ0n) is 13.1. The number of nitrogens with one attached hydrogen (secondary N) is 1. The van der Waals surface area contributed by atoms with Crippen molar-refractivity contribution in [2.75, 3.05) is 13.1 Å². The highest BCUT2D eigenvalue weighted by Crippen LogP contribution is 2.33. The maximum Gasteiger partial charge on any atom is 0.00887 e. The molecule has 0 radical (unpaired) electrons. The highest BCUT2D eigenvalue weighted by Gasteiger charge is 2.25. The zero-order valence-corrected chi connectivity index (χ0v) is 13.9. The third-order valence-electron chi connectivity index (χ3n) is 3.94. The van der Waals surface area contributed by atoms with Crippen LogP contribution in [0, 0.1) is 0 Å². The molecule has 0 atom stereocenters. The molecule has 0 aromatic heterocycles. The van der Waals surface area contributed by atoms with Crippen LogP contribution in [0.25, 0.3) is 0 Å². The number of benzene rings is 1. The minimum absolute atomic E-state index is 0. The Hall–Kier alpha value is -0.530. The predicted octanol–water partition coefficient (Wildman–Crippen LogP) is 4.39. The van der Waals surface area contributed by atoms with Crippen molar-refractivity contribution in [3.63, 3.8) is 0 Å². The maximum absolute atomic E-state index is 3.38. The van der Waals surface area contributed by atoms with Gasteiger partial charge in [0.15, 0.2) is 0 Å². The molecule has 0 saturated carbocycles. The first-order chi connectivity index (χ1) is 8.18. The summed E-state index contributed by atoms with van der Waals surface area (Å²) in [5.74, 6) is 0.716. The average Bonchev–Trinajstić information content (AvgIpc) is 2.11. The van der Waals surface area contributed by atoms with Gasteiger partial charge < -0.3 is 5.32 Å². The highest BCUT2D eigenvalue weighted by molar-refractivity contribution is 5.85. The van der Waals surface area contributed by atoms with Gasteiger partial charge in [0, 0.05) is 19.0 Å². The van der Waals surface area contributed by atoms with Gasteiger partial charge >= 0.3 is 0 Å². The van der Waals surface area contributed by atoms with Crippen LogP contribution in [0.15, 0.2) is 18.2 Å². The standard InChI is InChI=1S/C17H27N.ClH/c1-16(2,3)14-7-12(13-10-18-11-13)8-15(9-14)17(4,5)6;/h7-9,13,18H,10-11H2,1-6H3;1H. The molecule has 1 aliphatic rings. The number of hydrogen-bond acceptors (Lipinski definition) is 1. The van der Waals surface area contributed by atoms with E-state index in [4.69, 9.17) is 0 Å². The van der Waals surface area contributed by atoms with Gasteiger partial charge in [0.1, 0.15) is 0 Å². The molecule has 1 saturated heterocycles. The van der Waals surface area contributed by atoms with Crippen LogP contribution in [0.4, 0.5) is 0 Å². The predicted molar refractivity (Wildman–Crippen MR) is 86.7 cm³/mol. The molecule has 1 aliphatic heterocycles. The van der Waals surface area contributed by atoms with E-state index < -0.39 is 0 Å². The summed E-state index contributed by atoms with van der Waals surface area (Å²) in [6.07, 6.45) is 0. The molecule has 19 heavy (non-hydrogen) atoms. The third kappa shape index (κ3) is 3.73. The van der Waals surface area contributed by atoms with E-state index in [1.807, 2.05) is 0 Å². The first-order valence-electron chi connectivity index (χ1n) is 7.04. The van der Waals surface area contributed by atoms with Gasteiger partial charge in [-0.25, -0.2) is 0 Å². The third-order valence-corrected chi connectivity index (χ3v) is 3.94. The minimum atomic E-state index is 0. The van der Waals surface area contributed by atoms with Gasteiger partial charge in [0.25, 0.3) is 0 Å². The molecule has 2 rings (SSSR count). The summed E-state index contributed by atoms with van der Waals surface area (Å²) in [5.41, 5.74) is 4.92. The van der Waals surface area contributed by atoms with Crippen molar-refractivity contribution in [3.05, 3.63) is 34.9 Å². The zero-order chi connectivity index (χ0) is 13.6. The molecule has 1 nitrogen and oxygen atoms in total. The Labute approximate surface area is 124 Å². The topological polar surface area (TPSA) is 12.0 Å². The average molecular weight is 282 g/mol. The molecule has 0 aliphatic carbocycles. The fourth-order valence-corrected chi connectivity index (χ4v) is 2.28. The van der Waals surface area contributed by atoms with E-state index >= 15 is 0 Å². The van der Waals surface area contributed by atoms with Gasteiger partial charge in [-0.15, -0.1) is 12.4 Å². The molecule has 1 N–H and O–H groups in total. The van der Waals surface area contributed by atoms with Gasteiger partial charge in [-0.05, 0) is 27.5 Å². The Kier molecular flexibility index (Phi) is 4.75. The monoisotopic (exact) mass is 281 g/mol. The lowest BCUT2D eigenvalue weighted by molar-refractivity contribution is 0.445. The van der Waals surface area contributed by atoms with Crippen molar-refractivity contribution in [3.8, 4) is 0 Å². The Morgan fingerprint density at radius 2 is 1.26 bits per heavy atom. The second kappa shape index (κ2) is 5.46. The second-order valence-corrected chi connectivity index (χ2v) is 7.70. The van der Waals surface area contributed by atoms with Crippen LogP contribution in [-0.4, -0.2) is 13.1 Å². The fraction of sp³-hybridized carbons (Fsp3) is 0.647. The summed E-state index contributed by atoms with van der Waals surface area (Å²) in [4.78, 5) is 0. The van der Waals surface area contributed by atoms with Crippen molar-refractivity contribution in [1.29, 1.82) is 0 Å². The van der Waals surface area contributed by atoms with Crippen LogP contribution in [0.1, 0.15) is 64.2 Å². The molecule has 0 bridgehead atoms. The van der Waals surface area contributed by atoms with Gasteiger partial charge in [-0.1, -0.05) is 59.7 Å². The normalized spacial score (nSPS) is 16.7. The molecule has 2 heteroatoms. The van der Waals surface area contributed by atoms with Gasteiger partial charge in [-0.2, -0.15) is 0 Å². The van der Waals surface area contributed by atoms with Crippen LogP contribution in [0.3, 0.4) is 0 Å². The van der Waals surface area contributed by atoms with E-state index in [9.17, 15) is 0 Å². The summed E-state index contributed by atoms with van der Waals surface area (Å²) in [6, 6.07) is 7.23. The van der Waals surface area contributed by atoms with E-state index in [1.54, 1.807) is 0 Å². The number of halogens is 1. The quantitative estimate of drug-likeness (QED) is 0.805. The lowest BCUT2D eigenvalue weighted by Crippen LogP contribution is -2.40. The lowest BCUT2D eigenvalue weighted by Gasteiger charge is -2.32. The smallest absolute Gasteiger partial charge is 0.00887 e. The highest BCUT2D eigenvalue weighted by atomic mass is 35.5. The molecular formula is C17H28ClN. The molecule has 0 unspecified atom stereocenters. The lowest BCUT2D eigenvalue weighted by atomic mass is 9.77. The summed E-state index contributed by atoms with van der Waals surface area (Å²) >= 11 is 0. The van der Waals surface area contributed by atoms with Gasteiger partial charge in [-0.3, -0.25) is 0 Å². The minimum Gasteiger partial charge on any atom is -0.315 e. The summed E-state index contributed by atoms with van der Waals surface area (Å²) in [7, 11) is 0. The van der Waals surface area contributed by atoms with Crippen LogP contribution < -0.4 is 5.32 Å². The van der Waals surface area contributed by atoms with Gasteiger partial charge in [0.05, 0.1) is 0 Å². The Morgan fingerprint density at radius 1 is 0.842 bits per heavy atom. The van der Waals surface area contributed by atoms with E-state index in [1.165, 1.54) is 16.7 Å². The maximum atomic E-state index is 3.38. The van der Waals surface area contributed by atoms with Crippen molar-refractivity contribution in [2.45, 2.75) is 58.3 Å². The summed E-state index contributed by atoms with van der Waals surface area (Å²) in [5, 5.41) is 3.38. The fourth-order valence-electron chi connectivity index (χ4n) is 2.28. The van der Waals surface area contributed by atoms with Crippen LogP contribution >= 0.6 is 12.4 Å². The molecular weight excluding hydrogens is 254 g/mol. The van der Waals surface area contributed by atoms with Crippen molar-refractivity contribution >= 4 is 12.4 Å². The van der Waals surface area contributed by atoms with E-state index in [2.05, 4.69) is 65.1 Å².